The molecule has 3 aromatic rings. The van der Waals surface area contributed by atoms with Crippen LogP contribution in [0.15, 0.2) is 36.4 Å². The van der Waals surface area contributed by atoms with Gasteiger partial charge < -0.3 is 14.6 Å². The number of nitro groups is 1. The Morgan fingerprint density at radius 2 is 1.97 bits per heavy atom. The molecule has 0 bridgehead atoms. The van der Waals surface area contributed by atoms with Crippen LogP contribution in [0.2, 0.25) is 0 Å². The highest BCUT2D eigenvalue weighted by atomic mass is 19.1. The van der Waals surface area contributed by atoms with E-state index in [4.69, 9.17) is 4.74 Å². The van der Waals surface area contributed by atoms with Gasteiger partial charge in [0.1, 0.15) is 5.82 Å². The Labute approximate surface area is 167 Å². The molecule has 1 aromatic heterocycles. The van der Waals surface area contributed by atoms with E-state index in [2.05, 4.69) is 4.98 Å². The van der Waals surface area contributed by atoms with Crippen LogP contribution >= 0.6 is 0 Å². The lowest BCUT2D eigenvalue weighted by molar-refractivity contribution is -0.479. The maximum absolute atomic E-state index is 13.9. The average Bonchev–Trinajstić information content (AvgIpc) is 3.04. The fourth-order valence-electron chi connectivity index (χ4n) is 3.55. The van der Waals surface area contributed by atoms with Crippen LogP contribution in [-0.2, 0) is 17.7 Å². The van der Waals surface area contributed by atoms with E-state index in [1.807, 2.05) is 24.3 Å². The molecule has 1 heterocycles. The number of aryl methyl sites for hydroxylation is 1. The first-order chi connectivity index (χ1) is 13.8. The van der Waals surface area contributed by atoms with Crippen molar-refractivity contribution in [2.75, 3.05) is 20.7 Å². The van der Waals surface area contributed by atoms with Crippen LogP contribution in [0.1, 0.15) is 16.7 Å². The summed E-state index contributed by atoms with van der Waals surface area (Å²) in [4.78, 5) is 26.8. The van der Waals surface area contributed by atoms with Crippen LogP contribution in [-0.4, -0.2) is 41.6 Å². The number of aromatic amines is 1. The van der Waals surface area contributed by atoms with E-state index in [1.54, 1.807) is 14.0 Å². The molecule has 0 saturated carbocycles. The van der Waals surface area contributed by atoms with Gasteiger partial charge in [0.2, 0.25) is 6.54 Å². The number of rotatable bonds is 6. The van der Waals surface area contributed by atoms with Crippen LogP contribution in [0.5, 0.6) is 0 Å². The summed E-state index contributed by atoms with van der Waals surface area (Å²) in [6.45, 7) is 1.97. The monoisotopic (exact) mass is 399 g/mol. The minimum atomic E-state index is -0.427. The molecule has 29 heavy (non-hydrogen) atoms. The summed E-state index contributed by atoms with van der Waals surface area (Å²) in [7, 11) is 2.97. The van der Waals surface area contributed by atoms with Gasteiger partial charge >= 0.3 is 6.09 Å². The van der Waals surface area contributed by atoms with E-state index in [0.717, 1.165) is 33.3 Å². The summed E-state index contributed by atoms with van der Waals surface area (Å²) in [5.41, 5.74) is 4.63. The smallest absolute Gasteiger partial charge is 0.409 e. The molecule has 152 valence electrons. The lowest BCUT2D eigenvalue weighted by Crippen LogP contribution is -2.25. The normalized spacial score (nSPS) is 10.9. The third kappa shape index (κ3) is 4.37. The summed E-state index contributed by atoms with van der Waals surface area (Å²) >= 11 is 0. The number of aromatic nitrogens is 1. The van der Waals surface area contributed by atoms with Crippen molar-refractivity contribution in [2.24, 2.45) is 0 Å². The lowest BCUT2D eigenvalue weighted by atomic mass is 9.99. The highest BCUT2D eigenvalue weighted by Gasteiger charge is 2.18. The maximum Gasteiger partial charge on any atom is 0.409 e. The molecule has 0 unspecified atom stereocenters. The molecule has 0 radical (unpaired) electrons. The zero-order valence-electron chi connectivity index (χ0n) is 16.5. The number of carbonyl (C=O) groups excluding carboxylic acids is 1. The first-order valence-corrected chi connectivity index (χ1v) is 9.11. The third-order valence-corrected chi connectivity index (χ3v) is 4.86. The zero-order valence-corrected chi connectivity index (χ0v) is 16.5. The Morgan fingerprint density at radius 3 is 2.59 bits per heavy atom. The number of hydrogen-bond acceptors (Lipinski definition) is 4. The summed E-state index contributed by atoms with van der Waals surface area (Å²) in [6.07, 6.45) is -0.189. The Balaban J connectivity index is 2.00. The minimum absolute atomic E-state index is 0.210. The Morgan fingerprint density at radius 1 is 1.28 bits per heavy atom. The number of nitrogens with zero attached hydrogens (tertiary/aromatic N) is 2. The van der Waals surface area contributed by atoms with Crippen LogP contribution in [0.3, 0.4) is 0 Å². The van der Waals surface area contributed by atoms with E-state index in [9.17, 15) is 19.3 Å². The van der Waals surface area contributed by atoms with Crippen molar-refractivity contribution < 1.29 is 18.8 Å². The van der Waals surface area contributed by atoms with Gasteiger partial charge in [-0.15, -0.1) is 0 Å². The first kappa shape index (κ1) is 20.3. The summed E-state index contributed by atoms with van der Waals surface area (Å²) < 4.78 is 18.5. The molecular formula is C21H22FN3O4. The van der Waals surface area contributed by atoms with Crippen molar-refractivity contribution in [3.05, 3.63) is 69.0 Å². The lowest BCUT2D eigenvalue weighted by Gasteiger charge is -2.15. The van der Waals surface area contributed by atoms with Crippen molar-refractivity contribution in [2.45, 2.75) is 19.9 Å². The SMILES string of the molecule is COC(=O)N(C)Cc1ccc(-c2[nH]c3cc(F)cc(C)c3c2CC[N+](=O)[O-])cc1. The van der Waals surface area contributed by atoms with E-state index >= 15 is 0 Å². The number of halogens is 1. The minimum Gasteiger partial charge on any atom is -0.453 e. The molecule has 0 saturated heterocycles. The van der Waals surface area contributed by atoms with Gasteiger partial charge in [-0.25, -0.2) is 9.18 Å². The molecule has 0 aliphatic rings. The molecule has 0 fully saturated rings. The van der Waals surface area contributed by atoms with Crippen molar-refractivity contribution >= 4 is 17.0 Å². The average molecular weight is 399 g/mol. The molecule has 0 spiro atoms. The second-order valence-electron chi connectivity index (χ2n) is 6.95. The number of nitrogens with one attached hydrogen (secondary N) is 1. The van der Waals surface area contributed by atoms with Gasteiger partial charge in [0, 0.05) is 41.5 Å². The molecule has 2 aromatic carbocycles. The third-order valence-electron chi connectivity index (χ3n) is 4.86. The molecule has 7 nitrogen and oxygen atoms in total. The predicted octanol–water partition coefficient (Wildman–Crippen LogP) is 4.30. The van der Waals surface area contributed by atoms with Gasteiger partial charge in [0.25, 0.3) is 0 Å². The number of ether oxygens (including phenoxy) is 1. The number of carbonyl (C=O) groups is 1. The standard InChI is InChI=1S/C21H22FN3O4/c1-13-10-16(22)11-18-19(13)17(8-9-25(27)28)20(23-18)15-6-4-14(5-7-15)12-24(2)21(26)29-3/h4-7,10-11,23H,8-9,12H2,1-3H3. The molecule has 0 aliphatic carbocycles. The summed E-state index contributed by atoms with van der Waals surface area (Å²) in [6, 6.07) is 10.4. The van der Waals surface area contributed by atoms with Crippen LogP contribution < -0.4 is 0 Å². The van der Waals surface area contributed by atoms with Crippen molar-refractivity contribution in [1.29, 1.82) is 0 Å². The van der Waals surface area contributed by atoms with Crippen LogP contribution in [0.4, 0.5) is 9.18 Å². The van der Waals surface area contributed by atoms with Gasteiger partial charge in [-0.2, -0.15) is 0 Å². The van der Waals surface area contributed by atoms with Crippen molar-refractivity contribution in [1.82, 2.24) is 9.88 Å². The number of benzene rings is 2. The number of methoxy groups -OCH3 is 1. The first-order valence-electron chi connectivity index (χ1n) is 9.11. The number of hydrogen-bond donors (Lipinski definition) is 1. The van der Waals surface area contributed by atoms with E-state index in [-0.39, 0.29) is 23.7 Å². The highest BCUT2D eigenvalue weighted by molar-refractivity contribution is 5.93. The fourth-order valence-corrected chi connectivity index (χ4v) is 3.55. The summed E-state index contributed by atoms with van der Waals surface area (Å²) in [5.74, 6) is -0.357. The quantitative estimate of drug-likeness (QED) is 0.494. The molecule has 3 rings (SSSR count). The predicted molar refractivity (Wildman–Crippen MR) is 108 cm³/mol. The van der Waals surface area contributed by atoms with Crippen molar-refractivity contribution in [3.63, 3.8) is 0 Å². The van der Waals surface area contributed by atoms with Gasteiger partial charge in [-0.3, -0.25) is 10.1 Å². The van der Waals surface area contributed by atoms with Gasteiger partial charge in [0.15, 0.2) is 0 Å². The van der Waals surface area contributed by atoms with E-state index < -0.39 is 6.09 Å². The second kappa shape index (κ2) is 8.30. The van der Waals surface area contributed by atoms with E-state index in [0.29, 0.717) is 12.1 Å². The molecule has 8 heteroatoms. The molecular weight excluding hydrogens is 377 g/mol. The van der Waals surface area contributed by atoms with Gasteiger partial charge in [0.05, 0.1) is 7.11 Å². The topological polar surface area (TPSA) is 88.5 Å². The summed E-state index contributed by atoms with van der Waals surface area (Å²) in [5, 5.41) is 11.8. The van der Waals surface area contributed by atoms with E-state index in [1.165, 1.54) is 24.1 Å². The Bertz CT molecular complexity index is 1060. The number of H-pyrrole nitrogens is 1. The van der Waals surface area contributed by atoms with Crippen LogP contribution in [0, 0.1) is 22.9 Å². The number of fused-ring (bicyclic) bond motifs is 1. The highest BCUT2D eigenvalue weighted by Crippen LogP contribution is 2.33. The molecule has 1 N–H and O–H groups in total. The number of amides is 1. The molecule has 1 amide bonds. The Hall–Kier alpha value is -3.42. The maximum atomic E-state index is 13.9. The fraction of sp³-hybridized carbons (Fsp3) is 0.286. The van der Waals surface area contributed by atoms with Gasteiger partial charge in [-0.1, -0.05) is 24.3 Å². The van der Waals surface area contributed by atoms with Crippen LogP contribution in [0.25, 0.3) is 22.2 Å². The largest absolute Gasteiger partial charge is 0.453 e. The van der Waals surface area contributed by atoms with Gasteiger partial charge in [-0.05, 0) is 41.3 Å². The molecule has 0 aliphatic heterocycles. The van der Waals surface area contributed by atoms with Crippen molar-refractivity contribution in [3.8, 4) is 11.3 Å². The second-order valence-corrected chi connectivity index (χ2v) is 6.95. The molecule has 0 atom stereocenters. The Kier molecular flexibility index (Phi) is 5.81. The zero-order chi connectivity index (χ0) is 21.1.